The van der Waals surface area contributed by atoms with E-state index in [0.29, 0.717) is 0 Å². The minimum absolute atomic E-state index is 0.00111. The van der Waals surface area contributed by atoms with Crippen LogP contribution in [0.1, 0.15) is 11.1 Å². The smallest absolute Gasteiger partial charge is 0.255 e. The maximum atomic E-state index is 11.9. The van der Waals surface area contributed by atoms with Gasteiger partial charge in [-0.2, -0.15) is 0 Å². The average molecular weight is 278 g/mol. The molecule has 0 aliphatic heterocycles. The predicted molar refractivity (Wildman–Crippen MR) is 69.2 cm³/mol. The molecule has 1 aromatic heterocycles. The highest BCUT2D eigenvalue weighted by molar-refractivity contribution is 9.10. The molecule has 0 aliphatic carbocycles. The minimum atomic E-state index is 0.00111. The molecule has 0 saturated heterocycles. The van der Waals surface area contributed by atoms with Gasteiger partial charge in [0.05, 0.1) is 5.69 Å². The standard InChI is InChI=1S/C13H12BrNO/c1-9-6-7-15(13(16)8-9)12-5-3-4-11(14)10(12)2/h3-8H,1-2H3. The van der Waals surface area contributed by atoms with Crippen LogP contribution in [0.5, 0.6) is 0 Å². The molecule has 0 radical (unpaired) electrons. The Morgan fingerprint density at radius 1 is 1.19 bits per heavy atom. The molecule has 1 heterocycles. The first-order valence-electron chi connectivity index (χ1n) is 5.04. The molecule has 82 valence electrons. The molecule has 0 saturated carbocycles. The number of aryl methyl sites for hydroxylation is 1. The molecule has 0 spiro atoms. The zero-order valence-corrected chi connectivity index (χ0v) is 10.8. The van der Waals surface area contributed by atoms with Crippen molar-refractivity contribution in [3.8, 4) is 5.69 Å². The minimum Gasteiger partial charge on any atom is -0.284 e. The monoisotopic (exact) mass is 277 g/mol. The number of hydrogen-bond donors (Lipinski definition) is 0. The van der Waals surface area contributed by atoms with E-state index in [9.17, 15) is 4.79 Å². The highest BCUT2D eigenvalue weighted by atomic mass is 79.9. The molecule has 1 aromatic carbocycles. The number of rotatable bonds is 1. The van der Waals surface area contributed by atoms with E-state index in [1.165, 1.54) is 0 Å². The molecule has 0 aliphatic rings. The van der Waals surface area contributed by atoms with Gasteiger partial charge in [0.15, 0.2) is 0 Å². The molecular formula is C13H12BrNO. The Hall–Kier alpha value is -1.35. The van der Waals surface area contributed by atoms with Gasteiger partial charge in [-0.3, -0.25) is 9.36 Å². The van der Waals surface area contributed by atoms with E-state index in [-0.39, 0.29) is 5.56 Å². The molecule has 0 fully saturated rings. The van der Waals surface area contributed by atoms with Crippen molar-refractivity contribution in [1.29, 1.82) is 0 Å². The Bertz CT molecular complexity index is 587. The van der Waals surface area contributed by atoms with Gasteiger partial charge in [0.25, 0.3) is 5.56 Å². The predicted octanol–water partition coefficient (Wildman–Crippen LogP) is 3.22. The lowest BCUT2D eigenvalue weighted by Gasteiger charge is -2.10. The van der Waals surface area contributed by atoms with Gasteiger partial charge in [0, 0.05) is 16.7 Å². The van der Waals surface area contributed by atoms with Crippen LogP contribution in [0.25, 0.3) is 5.69 Å². The first-order valence-corrected chi connectivity index (χ1v) is 5.83. The van der Waals surface area contributed by atoms with E-state index < -0.39 is 0 Å². The lowest BCUT2D eigenvalue weighted by atomic mass is 10.2. The van der Waals surface area contributed by atoms with Crippen molar-refractivity contribution in [2.75, 3.05) is 0 Å². The Labute approximate surface area is 103 Å². The van der Waals surface area contributed by atoms with Gasteiger partial charge in [0.2, 0.25) is 0 Å². The Morgan fingerprint density at radius 2 is 1.94 bits per heavy atom. The quantitative estimate of drug-likeness (QED) is 0.785. The Balaban J connectivity index is 2.68. The van der Waals surface area contributed by atoms with Gasteiger partial charge < -0.3 is 0 Å². The second-order valence-electron chi connectivity index (χ2n) is 3.80. The summed E-state index contributed by atoms with van der Waals surface area (Å²) in [4.78, 5) is 11.9. The van der Waals surface area contributed by atoms with Gasteiger partial charge in [-0.15, -0.1) is 0 Å². The summed E-state index contributed by atoms with van der Waals surface area (Å²) < 4.78 is 2.67. The molecule has 0 N–H and O–H groups in total. The molecule has 0 bridgehead atoms. The summed E-state index contributed by atoms with van der Waals surface area (Å²) >= 11 is 3.47. The van der Waals surface area contributed by atoms with E-state index >= 15 is 0 Å². The zero-order chi connectivity index (χ0) is 11.7. The first kappa shape index (κ1) is 11.1. The highest BCUT2D eigenvalue weighted by Crippen LogP contribution is 2.21. The van der Waals surface area contributed by atoms with Crippen LogP contribution in [0.2, 0.25) is 0 Å². The molecule has 2 rings (SSSR count). The summed E-state index contributed by atoms with van der Waals surface area (Å²) in [7, 11) is 0. The summed E-state index contributed by atoms with van der Waals surface area (Å²) in [6, 6.07) is 9.41. The van der Waals surface area contributed by atoms with E-state index in [2.05, 4.69) is 15.9 Å². The molecule has 16 heavy (non-hydrogen) atoms. The normalized spacial score (nSPS) is 10.4. The van der Waals surface area contributed by atoms with Crippen molar-refractivity contribution in [2.45, 2.75) is 13.8 Å². The van der Waals surface area contributed by atoms with Crippen LogP contribution in [0.4, 0.5) is 0 Å². The maximum absolute atomic E-state index is 11.9. The van der Waals surface area contributed by atoms with Gasteiger partial charge in [-0.05, 0) is 43.2 Å². The lowest BCUT2D eigenvalue weighted by Crippen LogP contribution is -2.17. The number of benzene rings is 1. The lowest BCUT2D eigenvalue weighted by molar-refractivity contribution is 0.968. The van der Waals surface area contributed by atoms with Crippen molar-refractivity contribution in [1.82, 2.24) is 4.57 Å². The fraction of sp³-hybridized carbons (Fsp3) is 0.154. The van der Waals surface area contributed by atoms with E-state index in [1.807, 2.05) is 44.3 Å². The third-order valence-electron chi connectivity index (χ3n) is 2.57. The topological polar surface area (TPSA) is 22.0 Å². The van der Waals surface area contributed by atoms with Gasteiger partial charge in [-0.1, -0.05) is 22.0 Å². The van der Waals surface area contributed by atoms with Crippen LogP contribution < -0.4 is 5.56 Å². The van der Waals surface area contributed by atoms with E-state index in [1.54, 1.807) is 10.6 Å². The second kappa shape index (κ2) is 4.26. The molecule has 0 amide bonds. The molecule has 2 aromatic rings. The molecule has 0 unspecified atom stereocenters. The van der Waals surface area contributed by atoms with E-state index in [0.717, 1.165) is 21.3 Å². The van der Waals surface area contributed by atoms with Crippen LogP contribution in [0, 0.1) is 13.8 Å². The van der Waals surface area contributed by atoms with Crippen LogP contribution in [-0.2, 0) is 0 Å². The van der Waals surface area contributed by atoms with Crippen molar-refractivity contribution in [2.24, 2.45) is 0 Å². The van der Waals surface area contributed by atoms with Crippen LogP contribution >= 0.6 is 15.9 Å². The van der Waals surface area contributed by atoms with Gasteiger partial charge >= 0.3 is 0 Å². The number of hydrogen-bond acceptors (Lipinski definition) is 1. The van der Waals surface area contributed by atoms with Crippen LogP contribution in [0.3, 0.4) is 0 Å². The number of nitrogens with zero attached hydrogens (tertiary/aromatic N) is 1. The number of halogens is 1. The van der Waals surface area contributed by atoms with E-state index in [4.69, 9.17) is 0 Å². The van der Waals surface area contributed by atoms with Crippen LogP contribution in [0.15, 0.2) is 45.8 Å². The fourth-order valence-corrected chi connectivity index (χ4v) is 1.99. The summed E-state index contributed by atoms with van der Waals surface area (Å²) in [5.74, 6) is 0. The summed E-state index contributed by atoms with van der Waals surface area (Å²) in [6.07, 6.45) is 1.81. The first-order chi connectivity index (χ1) is 7.59. The third-order valence-corrected chi connectivity index (χ3v) is 3.43. The Kier molecular flexibility index (Phi) is 2.97. The van der Waals surface area contributed by atoms with Crippen LogP contribution in [-0.4, -0.2) is 4.57 Å². The molecular weight excluding hydrogens is 266 g/mol. The third kappa shape index (κ3) is 1.95. The molecule has 3 heteroatoms. The summed E-state index contributed by atoms with van der Waals surface area (Å²) in [5.41, 5.74) is 2.96. The second-order valence-corrected chi connectivity index (χ2v) is 4.65. The zero-order valence-electron chi connectivity index (χ0n) is 9.20. The van der Waals surface area contributed by atoms with Crippen molar-refractivity contribution >= 4 is 15.9 Å². The number of aromatic nitrogens is 1. The molecule has 0 atom stereocenters. The number of pyridine rings is 1. The average Bonchev–Trinajstić information content (AvgIpc) is 2.23. The van der Waals surface area contributed by atoms with Crippen molar-refractivity contribution in [3.05, 3.63) is 62.5 Å². The largest absolute Gasteiger partial charge is 0.284 e. The summed E-state index contributed by atoms with van der Waals surface area (Å²) in [5, 5.41) is 0. The SMILES string of the molecule is Cc1ccn(-c2cccc(Br)c2C)c(=O)c1. The van der Waals surface area contributed by atoms with Gasteiger partial charge in [0.1, 0.15) is 0 Å². The highest BCUT2D eigenvalue weighted by Gasteiger charge is 2.05. The van der Waals surface area contributed by atoms with Crippen molar-refractivity contribution in [3.63, 3.8) is 0 Å². The molecule has 2 nitrogen and oxygen atoms in total. The Morgan fingerprint density at radius 3 is 2.62 bits per heavy atom. The van der Waals surface area contributed by atoms with Crippen molar-refractivity contribution < 1.29 is 0 Å². The summed E-state index contributed by atoms with van der Waals surface area (Å²) in [6.45, 7) is 3.91. The van der Waals surface area contributed by atoms with Gasteiger partial charge in [-0.25, -0.2) is 0 Å². The maximum Gasteiger partial charge on any atom is 0.255 e. The fourth-order valence-electron chi connectivity index (χ4n) is 1.63.